The quantitative estimate of drug-likeness (QED) is 0.531. The normalized spacial score (nSPS) is 8.71. The minimum absolute atomic E-state index is 0.529. The van der Waals surface area contributed by atoms with Gasteiger partial charge in [-0.15, -0.1) is 12.3 Å². The van der Waals surface area contributed by atoms with Crippen LogP contribution in [0.3, 0.4) is 0 Å². The van der Waals surface area contributed by atoms with Gasteiger partial charge in [-0.25, -0.2) is 4.98 Å². The summed E-state index contributed by atoms with van der Waals surface area (Å²) >= 11 is 0. The standard InChI is InChI=1S/C11H10N2O/c1-2-3-4-7-14-11-6-5-10(8-12)9-13-11/h1,5-6,9H,3-4,7H2. The topological polar surface area (TPSA) is 45.9 Å². The van der Waals surface area contributed by atoms with E-state index in [0.29, 0.717) is 24.5 Å². The molecule has 1 aromatic rings. The van der Waals surface area contributed by atoms with Crippen LogP contribution in [0, 0.1) is 23.7 Å². The molecular formula is C11H10N2O. The number of terminal acetylenes is 1. The summed E-state index contributed by atoms with van der Waals surface area (Å²) in [5, 5.41) is 8.52. The summed E-state index contributed by atoms with van der Waals surface area (Å²) in [7, 11) is 0. The average molecular weight is 186 g/mol. The molecule has 0 aliphatic heterocycles. The van der Waals surface area contributed by atoms with E-state index in [9.17, 15) is 0 Å². The largest absolute Gasteiger partial charge is 0.478 e. The number of pyridine rings is 1. The van der Waals surface area contributed by atoms with Crippen molar-refractivity contribution in [3.63, 3.8) is 0 Å². The third-order valence-electron chi connectivity index (χ3n) is 1.58. The number of hydrogen-bond acceptors (Lipinski definition) is 3. The molecule has 0 amide bonds. The van der Waals surface area contributed by atoms with Crippen molar-refractivity contribution in [2.24, 2.45) is 0 Å². The maximum Gasteiger partial charge on any atom is 0.213 e. The van der Waals surface area contributed by atoms with Crippen LogP contribution in [0.1, 0.15) is 18.4 Å². The number of unbranched alkanes of at least 4 members (excludes halogenated alkanes) is 1. The van der Waals surface area contributed by atoms with Crippen molar-refractivity contribution in [2.75, 3.05) is 6.61 Å². The lowest BCUT2D eigenvalue weighted by molar-refractivity contribution is 0.301. The molecule has 0 atom stereocenters. The molecule has 0 fully saturated rings. The van der Waals surface area contributed by atoms with E-state index in [2.05, 4.69) is 10.9 Å². The molecule has 1 rings (SSSR count). The van der Waals surface area contributed by atoms with Crippen molar-refractivity contribution >= 4 is 0 Å². The van der Waals surface area contributed by atoms with Gasteiger partial charge in [0.1, 0.15) is 6.07 Å². The Bertz CT molecular complexity index is 356. The average Bonchev–Trinajstić information content (AvgIpc) is 2.25. The van der Waals surface area contributed by atoms with Crippen molar-refractivity contribution in [3.8, 4) is 24.3 Å². The second-order valence-corrected chi connectivity index (χ2v) is 2.65. The van der Waals surface area contributed by atoms with Crippen LogP contribution in [0.5, 0.6) is 5.88 Å². The highest BCUT2D eigenvalue weighted by Gasteiger charge is 1.95. The SMILES string of the molecule is C#CCCCOc1ccc(C#N)cn1. The Kier molecular flexibility index (Phi) is 4.04. The first-order valence-corrected chi connectivity index (χ1v) is 4.29. The summed E-state index contributed by atoms with van der Waals surface area (Å²) in [6.45, 7) is 0.559. The summed E-state index contributed by atoms with van der Waals surface area (Å²) in [5.41, 5.74) is 0.529. The molecule has 14 heavy (non-hydrogen) atoms. The van der Waals surface area contributed by atoms with E-state index in [1.165, 1.54) is 6.20 Å². The molecule has 1 heterocycles. The highest BCUT2D eigenvalue weighted by atomic mass is 16.5. The van der Waals surface area contributed by atoms with Crippen molar-refractivity contribution in [1.82, 2.24) is 4.98 Å². The Labute approximate surface area is 83.3 Å². The Morgan fingerprint density at radius 3 is 2.93 bits per heavy atom. The lowest BCUT2D eigenvalue weighted by Gasteiger charge is -2.02. The fourth-order valence-electron chi connectivity index (χ4n) is 0.883. The lowest BCUT2D eigenvalue weighted by Crippen LogP contribution is -1.98. The van der Waals surface area contributed by atoms with Gasteiger partial charge in [-0.3, -0.25) is 0 Å². The Morgan fingerprint density at radius 1 is 1.50 bits per heavy atom. The molecule has 0 aromatic carbocycles. The first-order chi connectivity index (χ1) is 6.86. The first-order valence-electron chi connectivity index (χ1n) is 4.29. The van der Waals surface area contributed by atoms with Gasteiger partial charge < -0.3 is 4.74 Å². The van der Waals surface area contributed by atoms with Crippen molar-refractivity contribution < 1.29 is 4.74 Å². The molecule has 70 valence electrons. The molecule has 0 saturated heterocycles. The van der Waals surface area contributed by atoms with Crippen molar-refractivity contribution in [1.29, 1.82) is 5.26 Å². The van der Waals surface area contributed by atoms with Crippen LogP contribution < -0.4 is 4.74 Å². The minimum atomic E-state index is 0.529. The second-order valence-electron chi connectivity index (χ2n) is 2.65. The van der Waals surface area contributed by atoms with Crippen LogP contribution in [0.25, 0.3) is 0 Å². The third kappa shape index (κ3) is 3.16. The number of nitrogens with zero attached hydrogens (tertiary/aromatic N) is 2. The molecule has 0 aliphatic carbocycles. The second kappa shape index (κ2) is 5.61. The van der Waals surface area contributed by atoms with Crippen LogP contribution in [0.2, 0.25) is 0 Å². The Hall–Kier alpha value is -2.00. The molecule has 0 aliphatic rings. The zero-order valence-corrected chi connectivity index (χ0v) is 7.73. The van der Waals surface area contributed by atoms with Gasteiger partial charge in [0.15, 0.2) is 0 Å². The van der Waals surface area contributed by atoms with Gasteiger partial charge in [-0.05, 0) is 12.5 Å². The van der Waals surface area contributed by atoms with Gasteiger partial charge in [0.25, 0.3) is 0 Å². The van der Waals surface area contributed by atoms with Gasteiger partial charge >= 0.3 is 0 Å². The molecule has 0 unspecified atom stereocenters. The molecule has 1 aromatic heterocycles. The molecule has 0 saturated carbocycles. The number of nitriles is 1. The monoisotopic (exact) mass is 186 g/mol. The number of hydrogen-bond donors (Lipinski definition) is 0. The summed E-state index contributed by atoms with van der Waals surface area (Å²) in [6, 6.07) is 5.33. The van der Waals surface area contributed by atoms with E-state index >= 15 is 0 Å². The van der Waals surface area contributed by atoms with E-state index in [0.717, 1.165) is 6.42 Å². The number of aromatic nitrogens is 1. The molecule has 3 heteroatoms. The van der Waals surface area contributed by atoms with Gasteiger partial charge in [-0.2, -0.15) is 5.26 Å². The summed E-state index contributed by atoms with van der Waals surface area (Å²) < 4.78 is 5.29. The van der Waals surface area contributed by atoms with Crippen LogP contribution in [0.4, 0.5) is 0 Å². The molecule has 0 radical (unpaired) electrons. The zero-order chi connectivity index (χ0) is 10.2. The first kappa shape index (κ1) is 10.1. The summed E-state index contributed by atoms with van der Waals surface area (Å²) in [6.07, 6.45) is 8.09. The lowest BCUT2D eigenvalue weighted by atomic mass is 10.3. The van der Waals surface area contributed by atoms with Gasteiger partial charge in [0.2, 0.25) is 5.88 Å². The van der Waals surface area contributed by atoms with Crippen molar-refractivity contribution in [2.45, 2.75) is 12.8 Å². The highest BCUT2D eigenvalue weighted by molar-refractivity contribution is 5.28. The van der Waals surface area contributed by atoms with Gasteiger partial charge in [0.05, 0.1) is 12.2 Å². The zero-order valence-electron chi connectivity index (χ0n) is 7.73. The Morgan fingerprint density at radius 2 is 2.36 bits per heavy atom. The molecule has 0 N–H and O–H groups in total. The predicted octanol–water partition coefficient (Wildman–Crippen LogP) is 1.75. The van der Waals surface area contributed by atoms with E-state index in [4.69, 9.17) is 16.4 Å². The molecule has 3 nitrogen and oxygen atoms in total. The molecular weight excluding hydrogens is 176 g/mol. The van der Waals surface area contributed by atoms with E-state index < -0.39 is 0 Å². The summed E-state index contributed by atoms with van der Waals surface area (Å²) in [4.78, 5) is 3.95. The van der Waals surface area contributed by atoms with Crippen LogP contribution in [0.15, 0.2) is 18.3 Å². The summed E-state index contributed by atoms with van der Waals surface area (Å²) in [5.74, 6) is 3.06. The Balaban J connectivity index is 2.38. The highest BCUT2D eigenvalue weighted by Crippen LogP contribution is 2.07. The van der Waals surface area contributed by atoms with Crippen LogP contribution in [-0.2, 0) is 0 Å². The van der Waals surface area contributed by atoms with E-state index in [1.54, 1.807) is 12.1 Å². The fourth-order valence-corrected chi connectivity index (χ4v) is 0.883. The van der Waals surface area contributed by atoms with Crippen LogP contribution >= 0.6 is 0 Å². The van der Waals surface area contributed by atoms with Crippen molar-refractivity contribution in [3.05, 3.63) is 23.9 Å². The van der Waals surface area contributed by atoms with Gasteiger partial charge in [0, 0.05) is 18.7 Å². The van der Waals surface area contributed by atoms with E-state index in [1.807, 2.05) is 6.07 Å². The van der Waals surface area contributed by atoms with E-state index in [-0.39, 0.29) is 0 Å². The van der Waals surface area contributed by atoms with Crippen LogP contribution in [-0.4, -0.2) is 11.6 Å². The smallest absolute Gasteiger partial charge is 0.213 e. The number of rotatable bonds is 4. The maximum atomic E-state index is 8.52. The maximum absolute atomic E-state index is 8.52. The number of ether oxygens (including phenoxy) is 1. The minimum Gasteiger partial charge on any atom is -0.478 e. The molecule has 0 spiro atoms. The molecule has 0 bridgehead atoms. The van der Waals surface area contributed by atoms with Gasteiger partial charge in [-0.1, -0.05) is 0 Å². The fraction of sp³-hybridized carbons (Fsp3) is 0.273. The third-order valence-corrected chi connectivity index (χ3v) is 1.58. The predicted molar refractivity (Wildman–Crippen MR) is 52.5 cm³/mol.